The normalized spacial score (nSPS) is 25.8. The molecule has 1 aromatic carbocycles. The van der Waals surface area contributed by atoms with Crippen LogP contribution in [0.4, 0.5) is 0 Å². The predicted molar refractivity (Wildman–Crippen MR) is 85.5 cm³/mol. The minimum absolute atomic E-state index is 0.150. The van der Waals surface area contributed by atoms with Gasteiger partial charge >= 0.3 is 0 Å². The molecule has 116 valence electrons. The van der Waals surface area contributed by atoms with Crippen LogP contribution in [-0.2, 0) is 11.3 Å². The Morgan fingerprint density at radius 1 is 1.33 bits per heavy atom. The summed E-state index contributed by atoms with van der Waals surface area (Å²) in [5.74, 6) is 1.68. The molecule has 1 saturated carbocycles. The number of carbonyl (C=O) groups is 1. The molecule has 1 aliphatic carbocycles. The summed E-state index contributed by atoms with van der Waals surface area (Å²) in [5.41, 5.74) is 1.02. The fraction of sp³-hybridized carbons (Fsp3) is 0.611. The van der Waals surface area contributed by atoms with Crippen molar-refractivity contribution in [1.29, 1.82) is 0 Å². The second-order valence-electron chi connectivity index (χ2n) is 6.65. The van der Waals surface area contributed by atoms with Crippen molar-refractivity contribution in [3.8, 4) is 5.75 Å². The summed E-state index contributed by atoms with van der Waals surface area (Å²) in [6.45, 7) is 3.93. The van der Waals surface area contributed by atoms with Gasteiger partial charge in [0.25, 0.3) is 0 Å². The smallest absolute Gasteiger partial charge is 0.127 e. The van der Waals surface area contributed by atoms with Crippen LogP contribution in [0.3, 0.4) is 0 Å². The van der Waals surface area contributed by atoms with Crippen molar-refractivity contribution < 1.29 is 9.53 Å². The molecule has 21 heavy (non-hydrogen) atoms. The van der Waals surface area contributed by atoms with Crippen LogP contribution in [0.5, 0.6) is 5.75 Å². The number of hydrogen-bond acceptors (Lipinski definition) is 3. The molecular formula is C18H27NO2. The molecule has 2 rings (SSSR count). The van der Waals surface area contributed by atoms with Crippen molar-refractivity contribution in [2.45, 2.75) is 39.2 Å². The summed E-state index contributed by atoms with van der Waals surface area (Å²) in [5, 5.41) is 0. The second-order valence-corrected chi connectivity index (χ2v) is 6.65. The molecule has 3 nitrogen and oxygen atoms in total. The number of carbonyl (C=O) groups excluding carboxylic acids is 1. The van der Waals surface area contributed by atoms with Crippen molar-refractivity contribution in [2.75, 3.05) is 20.7 Å². The SMILES string of the molecule is COc1ccccc1CN(C)CC1(C=O)CCC(C)CC1. The zero-order chi connectivity index (χ0) is 15.3. The largest absolute Gasteiger partial charge is 0.496 e. The van der Waals surface area contributed by atoms with Crippen molar-refractivity contribution >= 4 is 6.29 Å². The second kappa shape index (κ2) is 7.08. The van der Waals surface area contributed by atoms with Gasteiger partial charge < -0.3 is 14.4 Å². The summed E-state index contributed by atoms with van der Waals surface area (Å²) in [6.07, 6.45) is 5.59. The number of hydrogen-bond donors (Lipinski definition) is 0. The highest BCUT2D eigenvalue weighted by molar-refractivity contribution is 5.60. The molecule has 0 unspecified atom stereocenters. The Morgan fingerprint density at radius 3 is 2.62 bits per heavy atom. The Bertz CT molecular complexity index is 464. The first kappa shape index (κ1) is 16.0. The van der Waals surface area contributed by atoms with Crippen molar-refractivity contribution in [2.24, 2.45) is 11.3 Å². The summed E-state index contributed by atoms with van der Waals surface area (Å²) in [6, 6.07) is 8.09. The highest BCUT2D eigenvalue weighted by atomic mass is 16.5. The van der Waals surface area contributed by atoms with E-state index in [1.165, 1.54) is 24.7 Å². The number of para-hydroxylation sites is 1. The first-order valence-electron chi connectivity index (χ1n) is 7.85. The van der Waals surface area contributed by atoms with Gasteiger partial charge in [0.15, 0.2) is 0 Å². The summed E-state index contributed by atoms with van der Waals surface area (Å²) >= 11 is 0. The number of benzene rings is 1. The molecule has 0 aromatic heterocycles. The van der Waals surface area contributed by atoms with E-state index in [0.717, 1.165) is 37.6 Å². The highest BCUT2D eigenvalue weighted by Gasteiger charge is 2.34. The van der Waals surface area contributed by atoms with Crippen LogP contribution in [0.1, 0.15) is 38.2 Å². The van der Waals surface area contributed by atoms with E-state index in [9.17, 15) is 4.79 Å². The van der Waals surface area contributed by atoms with Crippen LogP contribution in [0.25, 0.3) is 0 Å². The summed E-state index contributed by atoms with van der Waals surface area (Å²) in [7, 11) is 3.80. The van der Waals surface area contributed by atoms with E-state index in [1.807, 2.05) is 18.2 Å². The van der Waals surface area contributed by atoms with Gasteiger partial charge in [-0.2, -0.15) is 0 Å². The molecule has 3 heteroatoms. The van der Waals surface area contributed by atoms with E-state index in [-0.39, 0.29) is 5.41 Å². The molecule has 1 aromatic rings. The van der Waals surface area contributed by atoms with Gasteiger partial charge in [-0.25, -0.2) is 0 Å². The Morgan fingerprint density at radius 2 is 2.00 bits per heavy atom. The van der Waals surface area contributed by atoms with Crippen LogP contribution in [-0.4, -0.2) is 31.9 Å². The molecule has 1 fully saturated rings. The van der Waals surface area contributed by atoms with Gasteiger partial charge in [0.1, 0.15) is 12.0 Å². The van der Waals surface area contributed by atoms with Gasteiger partial charge in [0, 0.05) is 24.1 Å². The topological polar surface area (TPSA) is 29.5 Å². The van der Waals surface area contributed by atoms with E-state index < -0.39 is 0 Å². The Hall–Kier alpha value is -1.35. The van der Waals surface area contributed by atoms with Gasteiger partial charge in [0.05, 0.1) is 7.11 Å². The fourth-order valence-corrected chi connectivity index (χ4v) is 3.37. The lowest BCUT2D eigenvalue weighted by Gasteiger charge is -2.37. The van der Waals surface area contributed by atoms with Crippen molar-refractivity contribution in [1.82, 2.24) is 4.90 Å². The third-order valence-corrected chi connectivity index (χ3v) is 4.74. The van der Waals surface area contributed by atoms with E-state index in [0.29, 0.717) is 0 Å². The third-order valence-electron chi connectivity index (χ3n) is 4.74. The lowest BCUT2D eigenvalue weighted by atomic mass is 9.71. The molecule has 1 aliphatic rings. The molecule has 0 bridgehead atoms. The van der Waals surface area contributed by atoms with Gasteiger partial charge in [-0.1, -0.05) is 25.1 Å². The molecule has 0 spiro atoms. The molecule has 0 atom stereocenters. The van der Waals surface area contributed by atoms with E-state index in [1.54, 1.807) is 7.11 Å². The Balaban J connectivity index is 2.00. The number of aldehydes is 1. The quantitative estimate of drug-likeness (QED) is 0.750. The number of rotatable bonds is 6. The summed E-state index contributed by atoms with van der Waals surface area (Å²) < 4.78 is 5.41. The van der Waals surface area contributed by atoms with Crippen LogP contribution in [0.2, 0.25) is 0 Å². The van der Waals surface area contributed by atoms with E-state index >= 15 is 0 Å². The lowest BCUT2D eigenvalue weighted by molar-refractivity contribution is -0.119. The van der Waals surface area contributed by atoms with Crippen LogP contribution < -0.4 is 4.74 Å². The van der Waals surface area contributed by atoms with Crippen LogP contribution >= 0.6 is 0 Å². The third kappa shape index (κ3) is 4.07. The molecule has 0 amide bonds. The Kier molecular flexibility index (Phi) is 5.40. The number of ether oxygens (including phenoxy) is 1. The highest BCUT2D eigenvalue weighted by Crippen LogP contribution is 2.38. The van der Waals surface area contributed by atoms with Crippen LogP contribution in [0.15, 0.2) is 24.3 Å². The molecule has 0 N–H and O–H groups in total. The monoisotopic (exact) mass is 289 g/mol. The zero-order valence-corrected chi connectivity index (χ0v) is 13.5. The molecule has 0 aliphatic heterocycles. The average molecular weight is 289 g/mol. The van der Waals surface area contributed by atoms with Gasteiger partial charge in [-0.05, 0) is 44.7 Å². The maximum absolute atomic E-state index is 11.6. The lowest BCUT2D eigenvalue weighted by Crippen LogP contribution is -2.39. The first-order chi connectivity index (χ1) is 10.1. The molecular weight excluding hydrogens is 262 g/mol. The van der Waals surface area contributed by atoms with Crippen molar-refractivity contribution in [3.05, 3.63) is 29.8 Å². The van der Waals surface area contributed by atoms with Gasteiger partial charge in [0.2, 0.25) is 0 Å². The fourth-order valence-electron chi connectivity index (χ4n) is 3.37. The predicted octanol–water partition coefficient (Wildman–Crippen LogP) is 3.52. The van der Waals surface area contributed by atoms with Crippen molar-refractivity contribution in [3.63, 3.8) is 0 Å². The van der Waals surface area contributed by atoms with Gasteiger partial charge in [-0.15, -0.1) is 0 Å². The maximum atomic E-state index is 11.6. The van der Waals surface area contributed by atoms with Crippen LogP contribution in [0, 0.1) is 11.3 Å². The average Bonchev–Trinajstić information content (AvgIpc) is 2.50. The van der Waals surface area contributed by atoms with Gasteiger partial charge in [-0.3, -0.25) is 0 Å². The van der Waals surface area contributed by atoms with E-state index in [4.69, 9.17) is 4.74 Å². The number of nitrogens with zero attached hydrogens (tertiary/aromatic N) is 1. The maximum Gasteiger partial charge on any atom is 0.127 e. The zero-order valence-electron chi connectivity index (χ0n) is 13.5. The first-order valence-corrected chi connectivity index (χ1v) is 7.85. The molecule has 0 saturated heterocycles. The molecule has 0 heterocycles. The standard InChI is InChI=1S/C18H27NO2/c1-15-8-10-18(14-20,11-9-15)13-19(2)12-16-6-4-5-7-17(16)21-3/h4-7,14-15H,8-13H2,1-3H3. The summed E-state index contributed by atoms with van der Waals surface area (Å²) in [4.78, 5) is 13.9. The van der Waals surface area contributed by atoms with E-state index in [2.05, 4.69) is 24.9 Å². The number of methoxy groups -OCH3 is 1. The Labute approximate surface area is 128 Å². The minimum Gasteiger partial charge on any atom is -0.496 e. The minimum atomic E-state index is -0.150. The molecule has 0 radical (unpaired) electrons.